The molecule has 37 heavy (non-hydrogen) atoms. The average molecular weight is 560 g/mol. The van der Waals surface area contributed by atoms with Crippen molar-refractivity contribution < 1.29 is 22.7 Å². The molecule has 4 heterocycles. The third-order valence-electron chi connectivity index (χ3n) is 6.17. The van der Waals surface area contributed by atoms with Crippen molar-refractivity contribution in [3.8, 4) is 0 Å². The molecule has 1 fully saturated rings. The van der Waals surface area contributed by atoms with E-state index in [1.165, 1.54) is 0 Å². The van der Waals surface area contributed by atoms with Crippen molar-refractivity contribution in [3.05, 3.63) is 39.4 Å². The van der Waals surface area contributed by atoms with E-state index in [1.807, 2.05) is 18.0 Å². The molecule has 2 aliphatic heterocycles. The fraction of sp³-hybridized carbons (Fsp3) is 0.500. The van der Waals surface area contributed by atoms with E-state index < -0.39 is 29.0 Å². The zero-order chi connectivity index (χ0) is 26.9. The molecule has 4 rings (SSSR count). The highest BCUT2D eigenvalue weighted by Crippen LogP contribution is 2.37. The Bertz CT molecular complexity index is 1240. The Morgan fingerprint density at radius 2 is 2.14 bits per heavy atom. The Kier molecular flexibility index (Phi) is 7.90. The number of halogens is 4. The maximum atomic E-state index is 13.2. The summed E-state index contributed by atoms with van der Waals surface area (Å²) in [6.45, 7) is 3.15. The molecule has 200 valence electrons. The molecule has 2 atom stereocenters. The summed E-state index contributed by atoms with van der Waals surface area (Å²) in [5.74, 6) is 0.658. The van der Waals surface area contributed by atoms with Gasteiger partial charge in [0.05, 0.1) is 48.3 Å². The van der Waals surface area contributed by atoms with E-state index in [-0.39, 0.29) is 31.6 Å². The van der Waals surface area contributed by atoms with Crippen LogP contribution in [0, 0.1) is 0 Å². The number of nitrogens with one attached hydrogen (secondary N) is 2. The molecular formula is C22H25ClF3N7O3S. The van der Waals surface area contributed by atoms with Gasteiger partial charge in [-0.3, -0.25) is 9.59 Å². The van der Waals surface area contributed by atoms with Gasteiger partial charge in [0, 0.05) is 38.9 Å². The maximum absolute atomic E-state index is 13.2. The summed E-state index contributed by atoms with van der Waals surface area (Å²) in [5, 5.41) is 8.32. The van der Waals surface area contributed by atoms with Crippen LogP contribution < -0.4 is 20.7 Å². The van der Waals surface area contributed by atoms with E-state index in [4.69, 9.17) is 28.6 Å². The highest BCUT2D eigenvalue weighted by molar-refractivity contribution is 7.80. The smallest absolute Gasteiger partial charge is 0.379 e. The quantitative estimate of drug-likeness (QED) is 0.391. The molecule has 1 saturated heterocycles. The van der Waals surface area contributed by atoms with Gasteiger partial charge in [-0.15, -0.1) is 0 Å². The summed E-state index contributed by atoms with van der Waals surface area (Å²) in [6.07, 6.45) is -2.25. The largest absolute Gasteiger partial charge is 0.423 e. The second kappa shape index (κ2) is 10.8. The van der Waals surface area contributed by atoms with Crippen LogP contribution in [-0.4, -0.2) is 83.0 Å². The predicted molar refractivity (Wildman–Crippen MR) is 136 cm³/mol. The van der Waals surface area contributed by atoms with Gasteiger partial charge in [-0.1, -0.05) is 23.8 Å². The zero-order valence-corrected chi connectivity index (χ0v) is 21.6. The van der Waals surface area contributed by atoms with Crippen LogP contribution in [0.3, 0.4) is 0 Å². The summed E-state index contributed by atoms with van der Waals surface area (Å²) in [7, 11) is 1.85. The van der Waals surface area contributed by atoms with Crippen LogP contribution >= 0.6 is 23.8 Å². The topological polar surface area (TPSA) is 107 Å². The minimum atomic E-state index is -4.84. The van der Waals surface area contributed by atoms with Gasteiger partial charge in [0.2, 0.25) is 5.91 Å². The van der Waals surface area contributed by atoms with E-state index in [0.29, 0.717) is 29.6 Å². The van der Waals surface area contributed by atoms with Gasteiger partial charge in [-0.25, -0.2) is 10.1 Å². The molecule has 2 aromatic rings. The Balaban J connectivity index is 1.28. The number of piperazine rings is 1. The number of hydrogen-bond acceptors (Lipinski definition) is 8. The molecule has 0 radical (unpaired) electrons. The first-order valence-electron chi connectivity index (χ1n) is 11.4. The number of pyridine rings is 1. The van der Waals surface area contributed by atoms with Crippen molar-refractivity contribution in [2.45, 2.75) is 31.6 Å². The number of hydrogen-bond donors (Lipinski definition) is 2. The van der Waals surface area contributed by atoms with Crippen LogP contribution in [0.1, 0.15) is 18.9 Å². The lowest BCUT2D eigenvalue weighted by Gasteiger charge is -2.48. The molecule has 2 N–H and O–H groups in total. The summed E-state index contributed by atoms with van der Waals surface area (Å²) < 4.78 is 45.1. The van der Waals surface area contributed by atoms with Gasteiger partial charge in [-0.2, -0.15) is 18.3 Å². The third kappa shape index (κ3) is 5.80. The number of carbonyl (C=O) groups is 1. The van der Waals surface area contributed by atoms with Crippen LogP contribution in [0.4, 0.5) is 30.4 Å². The molecule has 2 aromatic heterocycles. The van der Waals surface area contributed by atoms with Crippen molar-refractivity contribution in [1.29, 1.82) is 0 Å². The number of nitrogens with zero attached hydrogens (tertiary/aromatic N) is 5. The number of likely N-dealkylation sites (N-methyl/N-ethyl adjacent to an activating group) is 1. The van der Waals surface area contributed by atoms with Gasteiger partial charge in [-0.05, 0) is 13.0 Å². The number of carbonyl (C=O) groups excluding carboxylic acids is 1. The Hall–Kier alpha value is -2.97. The second-order valence-electron chi connectivity index (χ2n) is 8.80. The monoisotopic (exact) mass is 559 g/mol. The molecule has 1 amide bonds. The number of fused-ring (bicyclic) bond motifs is 3. The predicted octanol–water partition coefficient (Wildman–Crippen LogP) is 2.54. The van der Waals surface area contributed by atoms with E-state index in [9.17, 15) is 22.8 Å². The van der Waals surface area contributed by atoms with E-state index >= 15 is 0 Å². The number of amides is 1. The van der Waals surface area contributed by atoms with Gasteiger partial charge in [0.15, 0.2) is 5.82 Å². The van der Waals surface area contributed by atoms with Crippen molar-refractivity contribution in [1.82, 2.24) is 20.1 Å². The summed E-state index contributed by atoms with van der Waals surface area (Å²) >= 11 is 11.8. The van der Waals surface area contributed by atoms with E-state index in [2.05, 4.69) is 20.3 Å². The third-order valence-corrected chi connectivity index (χ3v) is 6.92. The Labute approximate surface area is 220 Å². The highest BCUT2D eigenvalue weighted by Gasteiger charge is 2.40. The SMILES string of the molecule is C[C@@H](COCCC(=O)N1CCN2c3ncc(Cl)cc3N(C)C(=S)[C@H]2C1)Nc1cn[nH]c(=O)c1C(F)(F)F. The minimum Gasteiger partial charge on any atom is -0.379 e. The molecular weight excluding hydrogens is 535 g/mol. The molecule has 0 aromatic carbocycles. The maximum Gasteiger partial charge on any atom is 0.423 e. The number of rotatable bonds is 7. The number of ether oxygens (including phenoxy) is 1. The summed E-state index contributed by atoms with van der Waals surface area (Å²) in [4.78, 5) is 35.2. The fourth-order valence-electron chi connectivity index (χ4n) is 4.38. The molecule has 2 aliphatic rings. The van der Waals surface area contributed by atoms with Gasteiger partial charge in [0.25, 0.3) is 5.56 Å². The fourth-order valence-corrected chi connectivity index (χ4v) is 4.83. The molecule has 15 heteroatoms. The molecule has 0 bridgehead atoms. The lowest BCUT2D eigenvalue weighted by atomic mass is 10.1. The molecule has 0 saturated carbocycles. The van der Waals surface area contributed by atoms with Crippen molar-refractivity contribution in [2.75, 3.05) is 55.0 Å². The van der Waals surface area contributed by atoms with Gasteiger partial charge < -0.3 is 24.8 Å². The first-order chi connectivity index (χ1) is 17.5. The van der Waals surface area contributed by atoms with Crippen LogP contribution in [0.15, 0.2) is 23.3 Å². The molecule has 0 aliphatic carbocycles. The zero-order valence-electron chi connectivity index (χ0n) is 20.0. The second-order valence-corrected chi connectivity index (χ2v) is 9.65. The number of H-pyrrole nitrogens is 1. The van der Waals surface area contributed by atoms with E-state index in [0.717, 1.165) is 17.7 Å². The number of aromatic nitrogens is 3. The number of alkyl halides is 3. The normalized spacial score (nSPS) is 18.4. The molecule has 0 spiro atoms. The number of anilines is 3. The van der Waals surface area contributed by atoms with Crippen LogP contribution in [0.25, 0.3) is 0 Å². The van der Waals surface area contributed by atoms with Crippen LogP contribution in [0.2, 0.25) is 5.02 Å². The number of thiocarbonyl (C=S) groups is 1. The van der Waals surface area contributed by atoms with Crippen LogP contribution in [0.5, 0.6) is 0 Å². The Morgan fingerprint density at radius 3 is 2.86 bits per heavy atom. The average Bonchev–Trinajstić information content (AvgIpc) is 2.84. The summed E-state index contributed by atoms with van der Waals surface area (Å²) in [5.41, 5.74) is -2.30. The lowest BCUT2D eigenvalue weighted by Crippen LogP contribution is -2.62. The standard InChI is InChI=1S/C22H25ClF3N7O3S/c1-12(29-14-9-28-30-20(35)18(14)22(24,25)26)11-36-6-3-17(34)32-4-5-33-16(10-32)21(37)31(2)15-7-13(23)8-27-19(15)33/h7-9,12,16H,3-6,10-11H2,1-2H3,(H2,29,30,35)/t12-,16+/m0/s1. The first kappa shape index (κ1) is 27.1. The van der Waals surface area contributed by atoms with E-state index in [1.54, 1.807) is 23.1 Å². The molecule has 0 unspecified atom stereocenters. The lowest BCUT2D eigenvalue weighted by molar-refractivity contribution is -0.138. The Morgan fingerprint density at radius 1 is 1.38 bits per heavy atom. The molecule has 10 nitrogen and oxygen atoms in total. The van der Waals surface area contributed by atoms with Gasteiger partial charge in [0.1, 0.15) is 10.6 Å². The van der Waals surface area contributed by atoms with Gasteiger partial charge >= 0.3 is 6.18 Å². The summed E-state index contributed by atoms with van der Waals surface area (Å²) in [6, 6.07) is 1.04. The first-order valence-corrected chi connectivity index (χ1v) is 12.2. The minimum absolute atomic E-state index is 0.0215. The number of aromatic amines is 1. The van der Waals surface area contributed by atoms with Crippen molar-refractivity contribution in [3.63, 3.8) is 0 Å². The highest BCUT2D eigenvalue weighted by atomic mass is 35.5. The van der Waals surface area contributed by atoms with Crippen molar-refractivity contribution >= 4 is 51.9 Å². The van der Waals surface area contributed by atoms with Crippen LogP contribution in [-0.2, 0) is 15.7 Å². The van der Waals surface area contributed by atoms with Crippen molar-refractivity contribution in [2.24, 2.45) is 0 Å².